The van der Waals surface area contributed by atoms with E-state index in [1.807, 2.05) is 18.3 Å². The second-order valence-corrected chi connectivity index (χ2v) is 5.18. The van der Waals surface area contributed by atoms with Crippen LogP contribution >= 0.6 is 0 Å². The fourth-order valence-corrected chi connectivity index (χ4v) is 1.35. The van der Waals surface area contributed by atoms with Gasteiger partial charge in [-0.1, -0.05) is 26.8 Å². The first-order valence-corrected chi connectivity index (χ1v) is 5.48. The highest BCUT2D eigenvalue weighted by Crippen LogP contribution is 2.19. The maximum atomic E-state index is 11.1. The largest absolute Gasteiger partial charge is 0.342 e. The van der Waals surface area contributed by atoms with E-state index in [1.54, 1.807) is 18.9 Å². The Morgan fingerprint density at radius 3 is 2.38 bits per heavy atom. The number of amides is 1. The van der Waals surface area contributed by atoms with Gasteiger partial charge in [-0.05, 0) is 11.6 Å². The lowest BCUT2D eigenvalue weighted by atomic mass is 9.91. The van der Waals surface area contributed by atoms with E-state index in [2.05, 4.69) is 25.8 Å². The predicted octanol–water partition coefficient (Wildman–Crippen LogP) is 2.36. The number of carbonyl (C=O) groups is 1. The molecule has 0 spiro atoms. The van der Waals surface area contributed by atoms with E-state index in [4.69, 9.17) is 0 Å². The smallest absolute Gasteiger partial charge is 0.219 e. The van der Waals surface area contributed by atoms with Crippen LogP contribution in [0, 0.1) is 0 Å². The molecular weight excluding hydrogens is 200 g/mol. The Bertz CT molecular complexity index is 363. The van der Waals surface area contributed by atoms with Crippen molar-refractivity contribution in [1.82, 2.24) is 9.88 Å². The molecule has 0 unspecified atom stereocenters. The third-order valence-electron chi connectivity index (χ3n) is 2.55. The van der Waals surface area contributed by atoms with Crippen LogP contribution in [-0.4, -0.2) is 22.8 Å². The summed E-state index contributed by atoms with van der Waals surface area (Å²) in [5, 5.41) is 0. The van der Waals surface area contributed by atoms with Gasteiger partial charge in [-0.15, -0.1) is 0 Å². The van der Waals surface area contributed by atoms with Crippen molar-refractivity contribution in [2.24, 2.45) is 0 Å². The van der Waals surface area contributed by atoms with Gasteiger partial charge < -0.3 is 4.90 Å². The topological polar surface area (TPSA) is 33.2 Å². The van der Waals surface area contributed by atoms with Gasteiger partial charge in [0.25, 0.3) is 0 Å². The van der Waals surface area contributed by atoms with Crippen LogP contribution in [0.3, 0.4) is 0 Å². The van der Waals surface area contributed by atoms with Crippen molar-refractivity contribution in [2.75, 3.05) is 7.05 Å². The Morgan fingerprint density at radius 1 is 1.38 bits per heavy atom. The highest BCUT2D eigenvalue weighted by Gasteiger charge is 2.14. The van der Waals surface area contributed by atoms with Gasteiger partial charge in [-0.2, -0.15) is 0 Å². The van der Waals surface area contributed by atoms with Gasteiger partial charge in [0.15, 0.2) is 0 Å². The van der Waals surface area contributed by atoms with E-state index in [0.717, 1.165) is 11.3 Å². The number of hydrogen-bond acceptors (Lipinski definition) is 2. The minimum Gasteiger partial charge on any atom is -0.342 e. The maximum Gasteiger partial charge on any atom is 0.219 e. The number of pyridine rings is 1. The Kier molecular flexibility index (Phi) is 3.68. The van der Waals surface area contributed by atoms with Crippen LogP contribution in [0.2, 0.25) is 0 Å². The highest BCUT2D eigenvalue weighted by atomic mass is 16.2. The van der Waals surface area contributed by atoms with Crippen molar-refractivity contribution in [3.63, 3.8) is 0 Å². The van der Waals surface area contributed by atoms with Crippen molar-refractivity contribution < 1.29 is 4.79 Å². The van der Waals surface area contributed by atoms with Gasteiger partial charge in [-0.25, -0.2) is 0 Å². The van der Waals surface area contributed by atoms with E-state index in [9.17, 15) is 4.79 Å². The summed E-state index contributed by atoms with van der Waals surface area (Å²) in [4.78, 5) is 17.2. The molecule has 0 N–H and O–H groups in total. The van der Waals surface area contributed by atoms with Crippen LogP contribution in [0.4, 0.5) is 0 Å². The molecule has 1 heterocycles. The van der Waals surface area contributed by atoms with E-state index < -0.39 is 0 Å². The monoisotopic (exact) mass is 220 g/mol. The molecule has 0 saturated heterocycles. The molecule has 0 aliphatic rings. The highest BCUT2D eigenvalue weighted by molar-refractivity contribution is 5.72. The average molecular weight is 220 g/mol. The van der Waals surface area contributed by atoms with Crippen LogP contribution in [0.5, 0.6) is 0 Å². The first-order chi connectivity index (χ1) is 7.30. The van der Waals surface area contributed by atoms with Crippen LogP contribution in [0.15, 0.2) is 18.3 Å². The summed E-state index contributed by atoms with van der Waals surface area (Å²) in [6, 6.07) is 4.07. The third kappa shape index (κ3) is 3.33. The van der Waals surface area contributed by atoms with Gasteiger partial charge in [0.05, 0.1) is 0 Å². The second kappa shape index (κ2) is 4.64. The normalized spacial score (nSPS) is 11.3. The number of carbonyl (C=O) groups excluding carboxylic acids is 1. The molecule has 0 aliphatic carbocycles. The van der Waals surface area contributed by atoms with E-state index in [-0.39, 0.29) is 11.3 Å². The summed E-state index contributed by atoms with van der Waals surface area (Å²) >= 11 is 0. The zero-order valence-electron chi connectivity index (χ0n) is 10.7. The molecule has 1 aromatic rings. The van der Waals surface area contributed by atoms with Gasteiger partial charge >= 0.3 is 0 Å². The van der Waals surface area contributed by atoms with Gasteiger partial charge in [-0.3, -0.25) is 9.78 Å². The fourth-order valence-electron chi connectivity index (χ4n) is 1.35. The molecule has 0 saturated carbocycles. The molecule has 16 heavy (non-hydrogen) atoms. The fraction of sp³-hybridized carbons (Fsp3) is 0.538. The van der Waals surface area contributed by atoms with Crippen LogP contribution in [0.25, 0.3) is 0 Å². The van der Waals surface area contributed by atoms with E-state index >= 15 is 0 Å². The first-order valence-electron chi connectivity index (χ1n) is 5.48. The summed E-state index contributed by atoms with van der Waals surface area (Å²) in [5.41, 5.74) is 2.21. The molecule has 0 atom stereocenters. The first kappa shape index (κ1) is 12.7. The molecule has 0 fully saturated rings. The summed E-state index contributed by atoms with van der Waals surface area (Å²) in [6.45, 7) is 8.59. The number of nitrogens with zero attached hydrogens (tertiary/aromatic N) is 2. The van der Waals surface area contributed by atoms with Gasteiger partial charge in [0.1, 0.15) is 0 Å². The molecule has 1 aromatic heterocycles. The zero-order valence-corrected chi connectivity index (χ0v) is 10.7. The summed E-state index contributed by atoms with van der Waals surface area (Å²) in [6.07, 6.45) is 1.85. The van der Waals surface area contributed by atoms with Crippen LogP contribution in [0.1, 0.15) is 39.0 Å². The molecule has 0 aromatic carbocycles. The summed E-state index contributed by atoms with van der Waals surface area (Å²) in [5.74, 6) is 0.0693. The minimum atomic E-state index is 0.0693. The number of aromatic nitrogens is 1. The van der Waals surface area contributed by atoms with Crippen molar-refractivity contribution in [1.29, 1.82) is 0 Å². The van der Waals surface area contributed by atoms with Gasteiger partial charge in [0, 0.05) is 37.8 Å². The minimum absolute atomic E-state index is 0.0693. The quantitative estimate of drug-likeness (QED) is 0.766. The van der Waals surface area contributed by atoms with E-state index in [1.165, 1.54) is 0 Å². The standard InChI is InChI=1S/C13H20N2O/c1-10(16)15(5)9-11-6-7-12(14-8-11)13(2,3)4/h6-8H,9H2,1-5H3. The van der Waals surface area contributed by atoms with Crippen molar-refractivity contribution in [3.8, 4) is 0 Å². The van der Waals surface area contributed by atoms with Crippen molar-refractivity contribution in [3.05, 3.63) is 29.6 Å². The third-order valence-corrected chi connectivity index (χ3v) is 2.55. The molecule has 3 nitrogen and oxygen atoms in total. The zero-order chi connectivity index (χ0) is 12.3. The molecule has 0 aliphatic heterocycles. The molecule has 3 heteroatoms. The lowest BCUT2D eigenvalue weighted by molar-refractivity contribution is -0.128. The molecule has 88 valence electrons. The van der Waals surface area contributed by atoms with Crippen LogP contribution < -0.4 is 0 Å². The number of rotatable bonds is 2. The lowest BCUT2D eigenvalue weighted by Crippen LogP contribution is -2.23. The number of hydrogen-bond donors (Lipinski definition) is 0. The Morgan fingerprint density at radius 2 is 2.00 bits per heavy atom. The Labute approximate surface area is 97.5 Å². The summed E-state index contributed by atoms with van der Waals surface area (Å²) in [7, 11) is 1.79. The Balaban J connectivity index is 2.76. The average Bonchev–Trinajstić information content (AvgIpc) is 2.17. The van der Waals surface area contributed by atoms with E-state index in [0.29, 0.717) is 6.54 Å². The van der Waals surface area contributed by atoms with Crippen molar-refractivity contribution in [2.45, 2.75) is 39.7 Å². The molecule has 0 radical (unpaired) electrons. The molecular formula is C13H20N2O. The predicted molar refractivity (Wildman–Crippen MR) is 65.1 cm³/mol. The molecule has 1 rings (SSSR count). The summed E-state index contributed by atoms with van der Waals surface area (Å²) < 4.78 is 0. The van der Waals surface area contributed by atoms with Crippen molar-refractivity contribution >= 4 is 5.91 Å². The lowest BCUT2D eigenvalue weighted by Gasteiger charge is -2.19. The van der Waals surface area contributed by atoms with Gasteiger partial charge in [0.2, 0.25) is 5.91 Å². The van der Waals surface area contributed by atoms with Crippen LogP contribution in [-0.2, 0) is 16.8 Å². The SMILES string of the molecule is CC(=O)N(C)Cc1ccc(C(C)(C)C)nc1. The molecule has 0 bridgehead atoms. The Hall–Kier alpha value is -1.38. The molecule has 1 amide bonds. The maximum absolute atomic E-state index is 11.1. The second-order valence-electron chi connectivity index (χ2n) is 5.18.